The lowest BCUT2D eigenvalue weighted by Crippen LogP contribution is -2.24. The zero-order valence-electron chi connectivity index (χ0n) is 8.91. The average molecular weight is 188 g/mol. The lowest BCUT2D eigenvalue weighted by atomic mass is 9.97. The van der Waals surface area contributed by atoms with Crippen molar-refractivity contribution in [2.24, 2.45) is 11.8 Å². The van der Waals surface area contributed by atoms with E-state index in [1.807, 2.05) is 0 Å². The van der Waals surface area contributed by atoms with E-state index in [-0.39, 0.29) is 12.7 Å². The third-order valence-corrected chi connectivity index (χ3v) is 1.87. The molecule has 0 aliphatic heterocycles. The van der Waals surface area contributed by atoms with Gasteiger partial charge in [0.1, 0.15) is 6.61 Å². The van der Waals surface area contributed by atoms with Crippen LogP contribution >= 0.6 is 0 Å². The number of hydrogen-bond acceptors (Lipinski definition) is 2. The molecule has 1 N–H and O–H groups in total. The van der Waals surface area contributed by atoms with Crippen molar-refractivity contribution in [3.8, 4) is 0 Å². The third-order valence-electron chi connectivity index (χ3n) is 1.87. The van der Waals surface area contributed by atoms with Crippen molar-refractivity contribution in [3.63, 3.8) is 0 Å². The highest BCUT2D eigenvalue weighted by Crippen LogP contribution is 2.15. The van der Waals surface area contributed by atoms with Gasteiger partial charge in [-0.25, -0.2) is 4.79 Å². The summed E-state index contributed by atoms with van der Waals surface area (Å²) in [6.45, 7) is 8.14. The molecule has 0 bridgehead atoms. The molecule has 0 saturated carbocycles. The van der Waals surface area contributed by atoms with Crippen molar-refractivity contribution >= 4 is 5.97 Å². The molecule has 3 nitrogen and oxygen atoms in total. The maximum absolute atomic E-state index is 10.3. The van der Waals surface area contributed by atoms with Gasteiger partial charge in [-0.1, -0.05) is 27.7 Å². The second-order valence-corrected chi connectivity index (χ2v) is 4.12. The van der Waals surface area contributed by atoms with Gasteiger partial charge in [0.15, 0.2) is 0 Å². The summed E-state index contributed by atoms with van der Waals surface area (Å²) in [6, 6.07) is 0. The van der Waals surface area contributed by atoms with Gasteiger partial charge in [-0.15, -0.1) is 0 Å². The Morgan fingerprint density at radius 1 is 1.31 bits per heavy atom. The second-order valence-electron chi connectivity index (χ2n) is 4.12. The summed E-state index contributed by atoms with van der Waals surface area (Å²) in [5, 5.41) is 8.45. The SMILES string of the molecule is CC(C)CC(OCC(=O)O)C(C)C. The number of carbonyl (C=O) groups is 1. The van der Waals surface area contributed by atoms with Crippen molar-refractivity contribution in [2.45, 2.75) is 40.2 Å². The summed E-state index contributed by atoms with van der Waals surface area (Å²) in [5.74, 6) is 0.0253. The molecule has 0 aromatic carbocycles. The molecule has 0 aliphatic rings. The standard InChI is InChI=1S/C10H20O3/c1-7(2)5-9(8(3)4)13-6-10(11)12/h7-9H,5-6H2,1-4H3,(H,11,12). The monoisotopic (exact) mass is 188 g/mol. The van der Waals surface area contributed by atoms with Gasteiger partial charge in [0.05, 0.1) is 6.10 Å². The Balaban J connectivity index is 3.87. The van der Waals surface area contributed by atoms with Crippen LogP contribution in [-0.4, -0.2) is 23.8 Å². The number of carboxylic acids is 1. The minimum absolute atomic E-state index is 0.0658. The van der Waals surface area contributed by atoms with Crippen molar-refractivity contribution in [1.82, 2.24) is 0 Å². The Labute approximate surface area is 80.1 Å². The minimum atomic E-state index is -0.894. The summed E-state index contributed by atoms with van der Waals surface area (Å²) < 4.78 is 5.28. The topological polar surface area (TPSA) is 46.5 Å². The first-order valence-electron chi connectivity index (χ1n) is 4.76. The van der Waals surface area contributed by atoms with Gasteiger partial charge in [0, 0.05) is 0 Å². The van der Waals surface area contributed by atoms with Crippen LogP contribution in [0.15, 0.2) is 0 Å². The molecular formula is C10H20O3. The zero-order chi connectivity index (χ0) is 10.4. The maximum atomic E-state index is 10.3. The summed E-state index contributed by atoms with van der Waals surface area (Å²) >= 11 is 0. The summed E-state index contributed by atoms with van der Waals surface area (Å²) in [6.07, 6.45) is 0.987. The number of carboxylic acid groups (broad SMARTS) is 1. The molecule has 3 heteroatoms. The molecule has 0 spiro atoms. The van der Waals surface area contributed by atoms with Crippen LogP contribution in [0.25, 0.3) is 0 Å². The first-order valence-corrected chi connectivity index (χ1v) is 4.76. The third kappa shape index (κ3) is 6.58. The molecule has 0 amide bonds. The molecule has 0 aromatic heterocycles. The van der Waals surface area contributed by atoms with E-state index >= 15 is 0 Å². The van der Waals surface area contributed by atoms with Crippen LogP contribution in [0.5, 0.6) is 0 Å². The number of hydrogen-bond donors (Lipinski definition) is 1. The molecule has 0 aromatic rings. The van der Waals surface area contributed by atoms with Crippen LogP contribution in [0.3, 0.4) is 0 Å². The molecule has 0 rings (SSSR count). The summed E-state index contributed by atoms with van der Waals surface area (Å²) in [5.41, 5.74) is 0. The predicted molar refractivity (Wildman–Crippen MR) is 51.7 cm³/mol. The van der Waals surface area contributed by atoms with Gasteiger partial charge < -0.3 is 9.84 Å². The fourth-order valence-corrected chi connectivity index (χ4v) is 1.18. The maximum Gasteiger partial charge on any atom is 0.329 e. The highest BCUT2D eigenvalue weighted by molar-refractivity contribution is 5.68. The lowest BCUT2D eigenvalue weighted by Gasteiger charge is -2.22. The molecule has 0 aliphatic carbocycles. The van der Waals surface area contributed by atoms with Crippen molar-refractivity contribution in [1.29, 1.82) is 0 Å². The lowest BCUT2D eigenvalue weighted by molar-refractivity contribution is -0.145. The quantitative estimate of drug-likeness (QED) is 0.694. The fraction of sp³-hybridized carbons (Fsp3) is 0.900. The highest BCUT2D eigenvalue weighted by atomic mass is 16.5. The predicted octanol–water partition coefficient (Wildman–Crippen LogP) is 2.16. The first kappa shape index (κ1) is 12.4. The second kappa shape index (κ2) is 5.97. The smallest absolute Gasteiger partial charge is 0.329 e. The van der Waals surface area contributed by atoms with Crippen LogP contribution in [0.4, 0.5) is 0 Å². The molecule has 1 atom stereocenters. The molecule has 0 fully saturated rings. The van der Waals surface area contributed by atoms with E-state index < -0.39 is 5.97 Å². The Kier molecular flexibility index (Phi) is 5.71. The van der Waals surface area contributed by atoms with Gasteiger partial charge >= 0.3 is 5.97 Å². The first-order chi connectivity index (χ1) is 5.93. The van der Waals surface area contributed by atoms with Crippen LogP contribution in [0.2, 0.25) is 0 Å². The van der Waals surface area contributed by atoms with Crippen molar-refractivity contribution in [3.05, 3.63) is 0 Å². The van der Waals surface area contributed by atoms with Gasteiger partial charge in [0.2, 0.25) is 0 Å². The minimum Gasteiger partial charge on any atom is -0.480 e. The highest BCUT2D eigenvalue weighted by Gasteiger charge is 2.16. The van der Waals surface area contributed by atoms with Crippen molar-refractivity contribution in [2.75, 3.05) is 6.61 Å². The van der Waals surface area contributed by atoms with Gasteiger partial charge in [0.25, 0.3) is 0 Å². The molecule has 0 radical (unpaired) electrons. The molecule has 0 heterocycles. The van der Waals surface area contributed by atoms with Crippen LogP contribution in [0, 0.1) is 11.8 Å². The normalized spacial score (nSPS) is 13.7. The van der Waals surface area contributed by atoms with E-state index in [4.69, 9.17) is 9.84 Å². The summed E-state index contributed by atoms with van der Waals surface area (Å²) in [7, 11) is 0. The van der Waals surface area contributed by atoms with E-state index in [1.165, 1.54) is 0 Å². The van der Waals surface area contributed by atoms with Crippen LogP contribution in [0.1, 0.15) is 34.1 Å². The van der Waals surface area contributed by atoms with E-state index in [9.17, 15) is 4.79 Å². The largest absolute Gasteiger partial charge is 0.480 e. The van der Waals surface area contributed by atoms with Gasteiger partial charge in [-0.2, -0.15) is 0 Å². The molecule has 0 saturated heterocycles. The van der Waals surface area contributed by atoms with E-state index in [0.717, 1.165) is 6.42 Å². The Hall–Kier alpha value is -0.570. The molecule has 1 unspecified atom stereocenters. The number of aliphatic carboxylic acids is 1. The van der Waals surface area contributed by atoms with Gasteiger partial charge in [-0.3, -0.25) is 0 Å². The van der Waals surface area contributed by atoms with E-state index in [0.29, 0.717) is 11.8 Å². The van der Waals surface area contributed by atoms with Gasteiger partial charge in [-0.05, 0) is 18.3 Å². The molecular weight excluding hydrogens is 168 g/mol. The Morgan fingerprint density at radius 2 is 1.85 bits per heavy atom. The fourth-order valence-electron chi connectivity index (χ4n) is 1.18. The molecule has 13 heavy (non-hydrogen) atoms. The van der Waals surface area contributed by atoms with E-state index in [2.05, 4.69) is 27.7 Å². The van der Waals surface area contributed by atoms with Crippen molar-refractivity contribution < 1.29 is 14.6 Å². The van der Waals surface area contributed by atoms with E-state index in [1.54, 1.807) is 0 Å². The van der Waals surface area contributed by atoms with Crippen LogP contribution in [-0.2, 0) is 9.53 Å². The Morgan fingerprint density at radius 3 is 2.15 bits per heavy atom. The number of ether oxygens (including phenoxy) is 1. The average Bonchev–Trinajstić information content (AvgIpc) is 1.96. The Bertz CT molecular complexity index is 152. The molecule has 78 valence electrons. The van der Waals surface area contributed by atoms with Crippen LogP contribution < -0.4 is 0 Å². The number of rotatable bonds is 6. The zero-order valence-corrected chi connectivity index (χ0v) is 8.91. The summed E-state index contributed by atoms with van der Waals surface area (Å²) in [4.78, 5) is 10.3.